The number of carbonyl (C=O) groups excluding carboxylic acids is 1. The third-order valence-corrected chi connectivity index (χ3v) is 3.28. The average Bonchev–Trinajstić information content (AvgIpc) is 2.49. The molecule has 1 amide bonds. The normalized spacial score (nSPS) is 12.8. The monoisotopic (exact) mass is 336 g/mol. The van der Waals surface area contributed by atoms with Gasteiger partial charge < -0.3 is 15.8 Å². The summed E-state index contributed by atoms with van der Waals surface area (Å²) in [6.07, 6.45) is 8.97. The molecule has 4 heteroatoms. The van der Waals surface area contributed by atoms with Crippen molar-refractivity contribution in [2.75, 3.05) is 13.1 Å². The minimum Gasteiger partial charge on any atom is -0.444 e. The Morgan fingerprint density at radius 1 is 1.46 bits per heavy atom. The highest BCUT2D eigenvalue weighted by atomic mass is 16.6. The molecule has 0 radical (unpaired) electrons. The Hall–Kier alpha value is -1.73. The van der Waals surface area contributed by atoms with Crippen LogP contribution in [0.15, 0.2) is 23.8 Å². The molecule has 0 aromatic rings. The van der Waals surface area contributed by atoms with E-state index in [2.05, 4.69) is 38.1 Å². The van der Waals surface area contributed by atoms with Crippen molar-refractivity contribution < 1.29 is 9.53 Å². The number of alkyl carbamates (subject to hydrolysis) is 1. The van der Waals surface area contributed by atoms with Crippen LogP contribution >= 0.6 is 0 Å². The van der Waals surface area contributed by atoms with E-state index in [0.717, 1.165) is 19.3 Å². The lowest BCUT2D eigenvalue weighted by Gasteiger charge is -2.20. The van der Waals surface area contributed by atoms with Gasteiger partial charge in [-0.2, -0.15) is 0 Å². The Bertz CT molecular complexity index is 440. The van der Waals surface area contributed by atoms with E-state index >= 15 is 0 Å². The summed E-state index contributed by atoms with van der Waals surface area (Å²) in [4.78, 5) is 11.7. The van der Waals surface area contributed by atoms with Gasteiger partial charge in [-0.3, -0.25) is 0 Å². The standard InChI is InChI=1S/C17H32N2O2.C3H4/c1-7-14(10-9-13(3)11-18)15(8-2)12-19-16(20)21-17(4,5)6;1-3-2/h7,13H,1,8-12,18H2,2-6H3,(H,19,20);1H,2H3/b15-14-;. The van der Waals surface area contributed by atoms with Gasteiger partial charge in [0, 0.05) is 6.54 Å². The molecule has 24 heavy (non-hydrogen) atoms. The van der Waals surface area contributed by atoms with E-state index in [1.165, 1.54) is 11.1 Å². The summed E-state index contributed by atoms with van der Waals surface area (Å²) in [5.74, 6) is 2.75. The topological polar surface area (TPSA) is 64.3 Å². The van der Waals surface area contributed by atoms with E-state index in [1.807, 2.05) is 26.8 Å². The molecule has 0 aromatic carbocycles. The molecule has 0 rings (SSSR count). The molecule has 0 fully saturated rings. The van der Waals surface area contributed by atoms with Crippen molar-refractivity contribution >= 4 is 6.09 Å². The lowest BCUT2D eigenvalue weighted by Crippen LogP contribution is -2.33. The fraction of sp³-hybridized carbons (Fsp3) is 0.650. The molecule has 4 nitrogen and oxygen atoms in total. The molecule has 0 bridgehead atoms. The summed E-state index contributed by atoms with van der Waals surface area (Å²) in [6.45, 7) is 16.5. The SMILES string of the molecule is C#CC.C=C/C(CCC(C)CN)=C(\CC)CNC(=O)OC(C)(C)C. The molecular formula is C20H36N2O2. The van der Waals surface area contributed by atoms with E-state index in [4.69, 9.17) is 10.5 Å². The third-order valence-electron chi connectivity index (χ3n) is 3.28. The van der Waals surface area contributed by atoms with E-state index in [1.54, 1.807) is 6.92 Å². The number of ether oxygens (including phenoxy) is 1. The van der Waals surface area contributed by atoms with Crippen LogP contribution in [-0.4, -0.2) is 24.8 Å². The lowest BCUT2D eigenvalue weighted by atomic mass is 9.96. The molecule has 138 valence electrons. The molecule has 0 aliphatic heterocycles. The highest BCUT2D eigenvalue weighted by Crippen LogP contribution is 2.18. The predicted molar refractivity (Wildman–Crippen MR) is 104 cm³/mol. The van der Waals surface area contributed by atoms with Crippen LogP contribution in [0.2, 0.25) is 0 Å². The molecule has 0 saturated heterocycles. The quantitative estimate of drug-likeness (QED) is 0.509. The second-order valence-corrected chi connectivity index (χ2v) is 6.71. The summed E-state index contributed by atoms with van der Waals surface area (Å²) in [6, 6.07) is 0. The van der Waals surface area contributed by atoms with Gasteiger partial charge in [0.15, 0.2) is 0 Å². The Morgan fingerprint density at radius 2 is 2.00 bits per heavy atom. The molecule has 0 saturated carbocycles. The zero-order valence-electron chi connectivity index (χ0n) is 16.4. The summed E-state index contributed by atoms with van der Waals surface area (Å²) in [5, 5.41) is 2.82. The first-order valence-electron chi connectivity index (χ1n) is 8.52. The summed E-state index contributed by atoms with van der Waals surface area (Å²) in [7, 11) is 0. The van der Waals surface area contributed by atoms with Crippen molar-refractivity contribution in [2.45, 2.75) is 66.4 Å². The lowest BCUT2D eigenvalue weighted by molar-refractivity contribution is 0.0532. The molecule has 0 spiro atoms. The Kier molecular flexibility index (Phi) is 14.0. The number of rotatable bonds is 8. The van der Waals surface area contributed by atoms with Crippen LogP contribution in [0.25, 0.3) is 0 Å². The smallest absolute Gasteiger partial charge is 0.407 e. The van der Waals surface area contributed by atoms with E-state index in [-0.39, 0.29) is 6.09 Å². The zero-order chi connectivity index (χ0) is 19.2. The average molecular weight is 337 g/mol. The number of nitrogens with two attached hydrogens (primary N) is 1. The number of allylic oxidation sites excluding steroid dienone is 2. The maximum atomic E-state index is 11.7. The van der Waals surface area contributed by atoms with Gasteiger partial charge >= 0.3 is 6.09 Å². The van der Waals surface area contributed by atoms with Crippen LogP contribution in [0.4, 0.5) is 4.79 Å². The van der Waals surface area contributed by atoms with Gasteiger partial charge in [-0.05, 0) is 70.6 Å². The number of hydrogen-bond acceptors (Lipinski definition) is 3. The highest BCUT2D eigenvalue weighted by Gasteiger charge is 2.16. The maximum absolute atomic E-state index is 11.7. The molecule has 0 heterocycles. The fourth-order valence-corrected chi connectivity index (χ4v) is 1.90. The number of nitrogens with one attached hydrogen (secondary N) is 1. The van der Waals surface area contributed by atoms with E-state index in [9.17, 15) is 4.79 Å². The molecule has 0 aliphatic rings. The van der Waals surface area contributed by atoms with Gasteiger partial charge in [0.1, 0.15) is 5.60 Å². The molecular weight excluding hydrogens is 300 g/mol. The Balaban J connectivity index is 0. The number of carbonyl (C=O) groups is 1. The second kappa shape index (κ2) is 13.7. The van der Waals surface area contributed by atoms with Crippen LogP contribution in [0, 0.1) is 18.3 Å². The van der Waals surface area contributed by atoms with Gasteiger partial charge in [-0.25, -0.2) is 4.79 Å². The molecule has 1 atom stereocenters. The van der Waals surface area contributed by atoms with Crippen molar-refractivity contribution in [3.63, 3.8) is 0 Å². The molecule has 3 N–H and O–H groups in total. The minimum atomic E-state index is -0.474. The summed E-state index contributed by atoms with van der Waals surface area (Å²) in [5.41, 5.74) is 7.57. The predicted octanol–water partition coefficient (Wildman–Crippen LogP) is 4.42. The molecule has 1 unspecified atom stereocenters. The highest BCUT2D eigenvalue weighted by molar-refractivity contribution is 5.68. The van der Waals surface area contributed by atoms with Gasteiger partial charge in [0.25, 0.3) is 0 Å². The van der Waals surface area contributed by atoms with Crippen molar-refractivity contribution in [3.05, 3.63) is 23.8 Å². The van der Waals surface area contributed by atoms with E-state index < -0.39 is 5.60 Å². The van der Waals surface area contributed by atoms with Crippen LogP contribution in [-0.2, 0) is 4.74 Å². The van der Waals surface area contributed by atoms with Crippen LogP contribution in [0.3, 0.4) is 0 Å². The van der Waals surface area contributed by atoms with Crippen molar-refractivity contribution in [1.29, 1.82) is 0 Å². The van der Waals surface area contributed by atoms with Crippen LogP contribution < -0.4 is 11.1 Å². The third kappa shape index (κ3) is 13.9. The fourth-order valence-electron chi connectivity index (χ4n) is 1.90. The number of hydrogen-bond donors (Lipinski definition) is 2. The van der Waals surface area contributed by atoms with E-state index in [0.29, 0.717) is 19.0 Å². The number of terminal acetylenes is 1. The Morgan fingerprint density at radius 3 is 2.38 bits per heavy atom. The summed E-state index contributed by atoms with van der Waals surface area (Å²) < 4.78 is 5.25. The Labute approximate surface area is 148 Å². The maximum Gasteiger partial charge on any atom is 0.407 e. The van der Waals surface area contributed by atoms with Crippen molar-refractivity contribution in [1.82, 2.24) is 5.32 Å². The van der Waals surface area contributed by atoms with Gasteiger partial charge in [-0.1, -0.05) is 26.5 Å². The second-order valence-electron chi connectivity index (χ2n) is 6.71. The van der Waals surface area contributed by atoms with Gasteiger partial charge in [0.05, 0.1) is 0 Å². The minimum absolute atomic E-state index is 0.382. The first-order valence-corrected chi connectivity index (χ1v) is 8.52. The van der Waals surface area contributed by atoms with Crippen molar-refractivity contribution in [3.8, 4) is 12.3 Å². The first kappa shape index (κ1) is 24.5. The summed E-state index contributed by atoms with van der Waals surface area (Å²) >= 11 is 0. The van der Waals surface area contributed by atoms with Crippen LogP contribution in [0.5, 0.6) is 0 Å². The van der Waals surface area contributed by atoms with Crippen LogP contribution in [0.1, 0.15) is 60.8 Å². The first-order chi connectivity index (χ1) is 11.1. The number of amides is 1. The molecule has 0 aliphatic carbocycles. The van der Waals surface area contributed by atoms with Crippen molar-refractivity contribution in [2.24, 2.45) is 11.7 Å². The molecule has 0 aromatic heterocycles. The van der Waals surface area contributed by atoms with Gasteiger partial charge in [0.2, 0.25) is 0 Å². The van der Waals surface area contributed by atoms with Gasteiger partial charge in [-0.15, -0.1) is 12.3 Å². The zero-order valence-corrected chi connectivity index (χ0v) is 16.4. The largest absolute Gasteiger partial charge is 0.444 e.